The van der Waals surface area contributed by atoms with E-state index in [1.807, 2.05) is 12.1 Å². The van der Waals surface area contributed by atoms with Crippen molar-refractivity contribution in [2.45, 2.75) is 26.2 Å². The quantitative estimate of drug-likeness (QED) is 0.659. The third-order valence-electron chi connectivity index (χ3n) is 3.61. The van der Waals surface area contributed by atoms with Crippen LogP contribution in [-0.4, -0.2) is 37.7 Å². The molecule has 2 N–H and O–H groups in total. The van der Waals surface area contributed by atoms with E-state index in [-0.39, 0.29) is 0 Å². The molecule has 1 aliphatic heterocycles. The second-order valence-corrected chi connectivity index (χ2v) is 5.23. The average molecular weight is 272 g/mol. The van der Waals surface area contributed by atoms with Gasteiger partial charge in [0.05, 0.1) is 13.2 Å². The Morgan fingerprint density at radius 2 is 2.10 bits per heavy atom. The molecule has 0 radical (unpaired) electrons. The van der Waals surface area contributed by atoms with Crippen LogP contribution in [0, 0.1) is 18.8 Å². The van der Waals surface area contributed by atoms with E-state index in [0.29, 0.717) is 6.54 Å². The number of ether oxygens (including phenoxy) is 1. The number of likely N-dealkylation sites (tertiary alicyclic amines) is 1. The van der Waals surface area contributed by atoms with Crippen molar-refractivity contribution in [2.24, 2.45) is 5.73 Å². The summed E-state index contributed by atoms with van der Waals surface area (Å²) < 4.78 is 5.81. The van der Waals surface area contributed by atoms with Crippen LogP contribution in [0.1, 0.15) is 30.4 Å². The Morgan fingerprint density at radius 3 is 2.80 bits per heavy atom. The van der Waals surface area contributed by atoms with Crippen LogP contribution in [0.15, 0.2) is 18.2 Å². The lowest BCUT2D eigenvalue weighted by Gasteiger charge is -2.14. The molecule has 0 saturated carbocycles. The Morgan fingerprint density at radius 1 is 1.30 bits per heavy atom. The first-order valence-electron chi connectivity index (χ1n) is 7.44. The van der Waals surface area contributed by atoms with Crippen molar-refractivity contribution in [3.8, 4) is 17.6 Å². The highest BCUT2D eigenvalue weighted by atomic mass is 16.5. The van der Waals surface area contributed by atoms with Crippen LogP contribution in [0.2, 0.25) is 0 Å². The lowest BCUT2D eigenvalue weighted by atomic mass is 10.1. The van der Waals surface area contributed by atoms with Crippen molar-refractivity contribution in [1.82, 2.24) is 4.90 Å². The van der Waals surface area contributed by atoms with Crippen molar-refractivity contribution in [2.75, 3.05) is 32.8 Å². The van der Waals surface area contributed by atoms with Gasteiger partial charge in [0.15, 0.2) is 0 Å². The second kappa shape index (κ2) is 7.94. The summed E-state index contributed by atoms with van der Waals surface area (Å²) in [5, 5.41) is 0. The minimum absolute atomic E-state index is 0.397. The van der Waals surface area contributed by atoms with Crippen LogP contribution in [-0.2, 0) is 0 Å². The second-order valence-electron chi connectivity index (χ2n) is 5.23. The predicted octanol–water partition coefficient (Wildman–Crippen LogP) is 2.17. The van der Waals surface area contributed by atoms with Gasteiger partial charge in [-0.05, 0) is 63.0 Å². The summed E-state index contributed by atoms with van der Waals surface area (Å²) in [4.78, 5) is 2.51. The Bertz CT molecular complexity index is 481. The number of hydrogen-bond donors (Lipinski definition) is 1. The topological polar surface area (TPSA) is 38.5 Å². The van der Waals surface area contributed by atoms with Crippen LogP contribution < -0.4 is 10.5 Å². The molecule has 0 unspecified atom stereocenters. The minimum atomic E-state index is 0.397. The third kappa shape index (κ3) is 4.56. The molecule has 3 heteroatoms. The van der Waals surface area contributed by atoms with Crippen molar-refractivity contribution < 1.29 is 4.74 Å². The number of benzene rings is 1. The van der Waals surface area contributed by atoms with Gasteiger partial charge in [-0.25, -0.2) is 0 Å². The average Bonchev–Trinajstić information content (AvgIpc) is 2.96. The van der Waals surface area contributed by atoms with Gasteiger partial charge in [0, 0.05) is 12.1 Å². The van der Waals surface area contributed by atoms with Gasteiger partial charge in [-0.2, -0.15) is 0 Å². The molecule has 0 aromatic heterocycles. The fourth-order valence-electron chi connectivity index (χ4n) is 2.50. The Hall–Kier alpha value is -1.50. The van der Waals surface area contributed by atoms with Gasteiger partial charge < -0.3 is 15.4 Å². The van der Waals surface area contributed by atoms with E-state index in [4.69, 9.17) is 10.5 Å². The molecular weight excluding hydrogens is 248 g/mol. The maximum absolute atomic E-state index is 5.81. The lowest BCUT2D eigenvalue weighted by molar-refractivity contribution is 0.263. The highest BCUT2D eigenvalue weighted by Crippen LogP contribution is 2.17. The maximum atomic E-state index is 5.81. The highest BCUT2D eigenvalue weighted by Gasteiger charge is 2.10. The molecule has 1 aromatic carbocycles. The Labute approximate surface area is 122 Å². The summed E-state index contributed by atoms with van der Waals surface area (Å²) >= 11 is 0. The van der Waals surface area contributed by atoms with Crippen molar-refractivity contribution in [1.29, 1.82) is 0 Å². The van der Waals surface area contributed by atoms with Gasteiger partial charge in [0.1, 0.15) is 5.75 Å². The summed E-state index contributed by atoms with van der Waals surface area (Å²) in [7, 11) is 0. The Kier molecular flexibility index (Phi) is 5.91. The van der Waals surface area contributed by atoms with E-state index in [1.165, 1.54) is 25.9 Å². The number of rotatable bonds is 5. The summed E-state index contributed by atoms with van der Waals surface area (Å²) in [6.45, 7) is 6.90. The molecular formula is C17H24N2O. The molecule has 0 bridgehead atoms. The van der Waals surface area contributed by atoms with Crippen LogP contribution in [0.3, 0.4) is 0 Å². The fourth-order valence-corrected chi connectivity index (χ4v) is 2.50. The van der Waals surface area contributed by atoms with Crippen LogP contribution in [0.4, 0.5) is 0 Å². The predicted molar refractivity (Wildman–Crippen MR) is 82.9 cm³/mol. The Balaban J connectivity index is 1.76. The number of hydrogen-bond acceptors (Lipinski definition) is 3. The normalized spacial score (nSPS) is 14.9. The molecule has 1 aromatic rings. The van der Waals surface area contributed by atoms with Gasteiger partial charge in [-0.1, -0.05) is 11.8 Å². The van der Waals surface area contributed by atoms with Gasteiger partial charge in [-0.15, -0.1) is 0 Å². The summed E-state index contributed by atoms with van der Waals surface area (Å²) in [5.41, 5.74) is 7.56. The molecule has 1 saturated heterocycles. The minimum Gasteiger partial charge on any atom is -0.494 e. The number of nitrogens with zero attached hydrogens (tertiary/aromatic N) is 1. The van der Waals surface area contributed by atoms with E-state index < -0.39 is 0 Å². The molecule has 3 nitrogen and oxygen atoms in total. The number of aryl methyl sites for hydroxylation is 1. The van der Waals surface area contributed by atoms with Crippen molar-refractivity contribution in [3.05, 3.63) is 29.3 Å². The lowest BCUT2D eigenvalue weighted by Crippen LogP contribution is -2.21. The van der Waals surface area contributed by atoms with E-state index in [1.54, 1.807) is 0 Å². The third-order valence-corrected chi connectivity index (χ3v) is 3.61. The standard InChI is InChI=1S/C17H24N2O/c1-15-14-17(8-7-16(15)6-4-9-18)20-13-5-12-19-10-2-3-11-19/h7-8,14H,2-3,5,9-13,18H2,1H3. The zero-order valence-electron chi connectivity index (χ0n) is 12.3. The molecule has 2 rings (SSSR count). The molecule has 0 spiro atoms. The molecule has 20 heavy (non-hydrogen) atoms. The summed E-state index contributed by atoms with van der Waals surface area (Å²) in [5.74, 6) is 6.88. The zero-order chi connectivity index (χ0) is 14.2. The van der Waals surface area contributed by atoms with Gasteiger partial charge in [0.2, 0.25) is 0 Å². The van der Waals surface area contributed by atoms with E-state index in [9.17, 15) is 0 Å². The van der Waals surface area contributed by atoms with Gasteiger partial charge in [-0.3, -0.25) is 0 Å². The maximum Gasteiger partial charge on any atom is 0.119 e. The fraction of sp³-hybridized carbons (Fsp3) is 0.529. The summed E-state index contributed by atoms with van der Waals surface area (Å²) in [6, 6.07) is 6.05. The van der Waals surface area contributed by atoms with Crippen LogP contribution in [0.5, 0.6) is 5.75 Å². The molecule has 1 fully saturated rings. The van der Waals surface area contributed by atoms with Crippen molar-refractivity contribution >= 4 is 0 Å². The molecule has 0 aliphatic carbocycles. The van der Waals surface area contributed by atoms with E-state index in [0.717, 1.165) is 36.4 Å². The van der Waals surface area contributed by atoms with Gasteiger partial charge in [0.25, 0.3) is 0 Å². The largest absolute Gasteiger partial charge is 0.494 e. The highest BCUT2D eigenvalue weighted by molar-refractivity contribution is 5.44. The van der Waals surface area contributed by atoms with Crippen LogP contribution in [0.25, 0.3) is 0 Å². The number of nitrogens with two attached hydrogens (primary N) is 1. The SMILES string of the molecule is Cc1cc(OCCCN2CCCC2)ccc1C#CCN. The molecule has 1 aliphatic rings. The first kappa shape index (κ1) is 14.9. The van der Waals surface area contributed by atoms with Gasteiger partial charge >= 0.3 is 0 Å². The zero-order valence-corrected chi connectivity index (χ0v) is 12.3. The van der Waals surface area contributed by atoms with Crippen molar-refractivity contribution in [3.63, 3.8) is 0 Å². The molecule has 0 atom stereocenters. The monoisotopic (exact) mass is 272 g/mol. The van der Waals surface area contributed by atoms with E-state index >= 15 is 0 Å². The molecule has 1 heterocycles. The first-order chi connectivity index (χ1) is 9.79. The summed E-state index contributed by atoms with van der Waals surface area (Å²) in [6.07, 6.45) is 3.80. The first-order valence-corrected chi connectivity index (χ1v) is 7.44. The molecule has 0 amide bonds. The van der Waals surface area contributed by atoms with E-state index in [2.05, 4.69) is 29.7 Å². The van der Waals surface area contributed by atoms with Crippen LogP contribution >= 0.6 is 0 Å². The smallest absolute Gasteiger partial charge is 0.119 e. The molecule has 108 valence electrons.